The van der Waals surface area contributed by atoms with E-state index in [1.54, 1.807) is 149 Å². The molecule has 31 heteroatoms. The Hall–Kier alpha value is -10.8. The first kappa shape index (κ1) is 92.5. The largest absolute Gasteiger partial charge is 0.509 e. The summed E-state index contributed by atoms with van der Waals surface area (Å²) in [6.45, 7) is 23.5. The van der Waals surface area contributed by atoms with E-state index in [1.807, 2.05) is 49.7 Å². The lowest BCUT2D eigenvalue weighted by Gasteiger charge is -2.37. The molecular weight excluding hydrogens is 1630 g/mol. The number of likely N-dealkylation sites (N-methyl/N-ethyl adjacent to an activating group) is 3. The smallest absolute Gasteiger partial charge is 0.507 e. The standard InChI is InChI=1S/2C32H39ClN2O8.C26H28ClNO7/c1-7-8-14-35(6)30(38)41-25-17-22(36)27(20-13-15-34(5)18-26(20)42-31(39)43-32(2,3)4)29-28(25)23(37)16-24(40-29)19-11-9-10-12-21(19)33;1-7-8-14-35(6)30(38)41-25-17-23(37)28-22(36)16-24(19-11-9-10-12-21(19)33)40-29(28)27(25)20-13-15-34(5)18-26(20)42-31(39)43-32(2,3)4;1-26(2,3)35-25(32)34-21-13-28(4)10-9-15(21)22-17(29)11-18(30)23-19(31)12-20(33-24(22)23)14-7-5-6-8-16(14)27/h9-12,16-17,20,26,36H,7-8,13-15,18H2,1-6H3;9-12,16-17,20,26,37H,7-8,13-15,18H2,1-6H3;5-8,11-12,15,21,29-30H,9-10,13H2,1-4H3/t2*20-,26+;15-,21+/m000/s1. The van der Waals surface area contributed by atoms with Crippen LogP contribution in [0.1, 0.15) is 156 Å². The van der Waals surface area contributed by atoms with Crippen LogP contribution in [-0.4, -0.2) is 198 Å². The maximum absolute atomic E-state index is 13.7. The van der Waals surface area contributed by atoms with Gasteiger partial charge in [-0.25, -0.2) is 24.0 Å². The summed E-state index contributed by atoms with van der Waals surface area (Å²) in [5.41, 5.74) is -1.39. The van der Waals surface area contributed by atoms with Crippen LogP contribution < -0.4 is 25.8 Å². The minimum absolute atomic E-state index is 0.00477. The molecule has 0 spiro atoms. The average Bonchev–Trinajstić information content (AvgIpc) is 0.754. The van der Waals surface area contributed by atoms with E-state index < -0.39 is 111 Å². The van der Waals surface area contributed by atoms with Crippen LogP contribution in [0.5, 0.6) is 34.5 Å². The van der Waals surface area contributed by atoms with Gasteiger partial charge in [-0.1, -0.05) is 97.9 Å². The molecule has 12 rings (SSSR count). The zero-order chi connectivity index (χ0) is 88.4. The van der Waals surface area contributed by atoms with E-state index in [2.05, 4.69) is 0 Å². The van der Waals surface area contributed by atoms with Gasteiger partial charge in [0.2, 0.25) is 0 Å². The summed E-state index contributed by atoms with van der Waals surface area (Å²) in [5.74, 6) is -2.62. The first-order chi connectivity index (χ1) is 57.0. The van der Waals surface area contributed by atoms with Crippen molar-refractivity contribution in [1.82, 2.24) is 24.5 Å². The van der Waals surface area contributed by atoms with Crippen LogP contribution >= 0.6 is 34.8 Å². The van der Waals surface area contributed by atoms with Gasteiger partial charge < -0.3 is 96.1 Å². The van der Waals surface area contributed by atoms with Gasteiger partial charge in [-0.2, -0.15) is 0 Å². The molecule has 4 N–H and O–H groups in total. The van der Waals surface area contributed by atoms with E-state index in [9.17, 15) is 58.8 Å². The van der Waals surface area contributed by atoms with E-state index in [0.717, 1.165) is 31.7 Å². The molecule has 3 saturated heterocycles. The third-order valence-electron chi connectivity index (χ3n) is 20.4. The van der Waals surface area contributed by atoms with Crippen LogP contribution in [0.3, 0.4) is 0 Å². The predicted molar refractivity (Wildman–Crippen MR) is 460 cm³/mol. The minimum atomic E-state index is -0.850. The van der Waals surface area contributed by atoms with Crippen molar-refractivity contribution in [3.63, 3.8) is 0 Å². The van der Waals surface area contributed by atoms with Crippen molar-refractivity contribution in [2.45, 2.75) is 174 Å². The maximum Gasteiger partial charge on any atom is 0.509 e. The van der Waals surface area contributed by atoms with Crippen molar-refractivity contribution >= 4 is 98.4 Å². The maximum atomic E-state index is 13.7. The predicted octanol–water partition coefficient (Wildman–Crippen LogP) is 18.8. The fourth-order valence-electron chi connectivity index (χ4n) is 14.6. The second kappa shape index (κ2) is 39.4. The van der Waals surface area contributed by atoms with Gasteiger partial charge in [-0.15, -0.1) is 0 Å². The highest BCUT2D eigenvalue weighted by molar-refractivity contribution is 6.34. The number of benzene rings is 6. The molecule has 28 nitrogen and oxygen atoms in total. The van der Waals surface area contributed by atoms with Gasteiger partial charge in [0.1, 0.15) is 114 Å². The van der Waals surface area contributed by atoms with Gasteiger partial charge in [-0.3, -0.25) is 14.4 Å². The molecule has 6 aromatic carbocycles. The molecule has 121 heavy (non-hydrogen) atoms. The van der Waals surface area contributed by atoms with Crippen molar-refractivity contribution in [2.24, 2.45) is 0 Å². The van der Waals surface area contributed by atoms with Gasteiger partial charge in [0.15, 0.2) is 22.0 Å². The van der Waals surface area contributed by atoms with Crippen molar-refractivity contribution in [1.29, 1.82) is 0 Å². The van der Waals surface area contributed by atoms with Crippen LogP contribution in [0.25, 0.3) is 66.9 Å². The van der Waals surface area contributed by atoms with Crippen LogP contribution in [0, 0.1) is 0 Å². The monoisotopic (exact) mass is 1730 g/mol. The number of hydrogen-bond donors (Lipinski definition) is 4. The van der Waals surface area contributed by atoms with Crippen LogP contribution in [0.15, 0.2) is 137 Å². The van der Waals surface area contributed by atoms with Crippen molar-refractivity contribution in [2.75, 3.05) is 87.6 Å². The Bertz CT molecular complexity index is 5420. The highest BCUT2D eigenvalue weighted by Gasteiger charge is 2.43. The summed E-state index contributed by atoms with van der Waals surface area (Å²) in [5, 5.41) is 44.9. The zero-order valence-electron chi connectivity index (χ0n) is 70.9. The van der Waals surface area contributed by atoms with E-state index in [4.69, 9.17) is 85.9 Å². The molecule has 3 aliphatic heterocycles. The molecule has 0 bridgehead atoms. The first-order valence-electron chi connectivity index (χ1n) is 40.1. The number of phenols is 4. The Balaban J connectivity index is 0.000000192. The number of piperidine rings is 3. The Morgan fingerprint density at radius 1 is 0.430 bits per heavy atom. The summed E-state index contributed by atoms with van der Waals surface area (Å²) in [6.07, 6.45) is -1.31. The number of phenolic OH excluding ortho intramolecular Hbond substituents is 4. The third-order valence-corrected chi connectivity index (χ3v) is 21.4. The summed E-state index contributed by atoms with van der Waals surface area (Å²) in [6, 6.07) is 28.1. The number of hydrogen-bond acceptors (Lipinski definition) is 26. The lowest BCUT2D eigenvalue weighted by Crippen LogP contribution is -2.44. The molecule has 3 fully saturated rings. The first-order valence-corrected chi connectivity index (χ1v) is 41.2. The number of fused-ring (bicyclic) bond motifs is 3. The minimum Gasteiger partial charge on any atom is -0.507 e. The number of aromatic hydroxyl groups is 4. The number of nitrogens with zero attached hydrogens (tertiary/aromatic N) is 5. The number of carbonyl (C=O) groups excluding carboxylic acids is 5. The second-order valence-electron chi connectivity index (χ2n) is 33.5. The molecule has 0 radical (unpaired) electrons. The van der Waals surface area contributed by atoms with Crippen molar-refractivity contribution < 1.29 is 95.5 Å². The Morgan fingerprint density at radius 2 is 0.727 bits per heavy atom. The molecular formula is C90H106Cl3N5O23. The van der Waals surface area contributed by atoms with Crippen LogP contribution in [0.4, 0.5) is 24.0 Å². The van der Waals surface area contributed by atoms with Gasteiger partial charge in [-0.05, 0) is 172 Å². The number of likely N-dealkylation sites (tertiary alicyclic amines) is 3. The fourth-order valence-corrected chi connectivity index (χ4v) is 15.3. The second-order valence-corrected chi connectivity index (χ2v) is 34.8. The molecule has 650 valence electrons. The molecule has 9 aromatic rings. The molecule has 3 aromatic heterocycles. The van der Waals surface area contributed by atoms with Crippen LogP contribution in [0.2, 0.25) is 15.1 Å². The normalized spacial score (nSPS) is 17.9. The fraction of sp³-hybridized carbons (Fsp3) is 0.444. The van der Waals surface area contributed by atoms with E-state index in [-0.39, 0.29) is 84.3 Å². The SMILES string of the molecule is CCCCN(C)C(=O)Oc1cc(O)c([C@H]2CCN(C)C[C@H]2OC(=O)OC(C)(C)C)c2oc(-c3ccccc3Cl)cc(=O)c12.CCCCN(C)C(=O)Oc1cc(O)c2c(=O)cc(-c3ccccc3Cl)oc2c1[C@H]1CCN(C)C[C@H]1OC(=O)OC(C)(C)C.CN1CC[C@H](c2c(O)cc(O)c3c(=O)cc(-c4ccccc4Cl)oc23)[C@H](OC(=O)OC(C)(C)C)C1. The molecule has 0 aliphatic carbocycles. The zero-order valence-corrected chi connectivity index (χ0v) is 73.1. The van der Waals surface area contributed by atoms with Crippen molar-refractivity contribution in [3.8, 4) is 68.5 Å². The van der Waals surface area contributed by atoms with Gasteiger partial charge in [0.25, 0.3) is 0 Å². The Morgan fingerprint density at radius 3 is 1.07 bits per heavy atom. The topological polar surface area (TPSA) is 347 Å². The van der Waals surface area contributed by atoms with Gasteiger partial charge >= 0.3 is 30.7 Å². The highest BCUT2D eigenvalue weighted by atomic mass is 35.5. The summed E-state index contributed by atoms with van der Waals surface area (Å²) in [7, 11) is 8.91. The number of ether oxygens (including phenoxy) is 8. The number of unbranched alkanes of at least 4 members (excludes halogenated alkanes) is 2. The number of halogens is 3. The lowest BCUT2D eigenvalue weighted by molar-refractivity contribution is -0.0471. The lowest BCUT2D eigenvalue weighted by atomic mass is 9.85. The summed E-state index contributed by atoms with van der Waals surface area (Å²) in [4.78, 5) is 113. The van der Waals surface area contributed by atoms with E-state index in [1.165, 1.54) is 40.1 Å². The number of carbonyl (C=O) groups is 5. The number of rotatable bonds is 17. The molecule has 3 aliphatic rings. The molecule has 0 saturated carbocycles. The number of amides is 2. The molecule has 2 amide bonds. The Kier molecular flexibility index (Phi) is 30.1. The van der Waals surface area contributed by atoms with Crippen molar-refractivity contribution in [3.05, 3.63) is 172 Å². The van der Waals surface area contributed by atoms with E-state index >= 15 is 0 Å². The van der Waals surface area contributed by atoms with Crippen LogP contribution in [-0.2, 0) is 28.4 Å². The molecule has 6 atom stereocenters. The molecule has 0 unspecified atom stereocenters. The average molecular weight is 1730 g/mol. The van der Waals surface area contributed by atoms with Gasteiger partial charge in [0, 0.05) is 134 Å². The summed E-state index contributed by atoms with van der Waals surface area (Å²) >= 11 is 19.2. The Labute approximate surface area is 716 Å². The highest BCUT2D eigenvalue weighted by Crippen LogP contribution is 2.49. The van der Waals surface area contributed by atoms with Gasteiger partial charge in [0.05, 0.1) is 15.1 Å². The quantitative estimate of drug-likeness (QED) is 0.0486. The summed E-state index contributed by atoms with van der Waals surface area (Å²) < 4.78 is 63.9. The third kappa shape index (κ3) is 23.3. The van der Waals surface area contributed by atoms with E-state index in [0.29, 0.717) is 109 Å². The molecule has 6 heterocycles.